The summed E-state index contributed by atoms with van der Waals surface area (Å²) in [5.41, 5.74) is -1.76. The molecule has 0 saturated carbocycles. The minimum Gasteiger partial charge on any atom is -0.391 e. The zero-order chi connectivity index (χ0) is 14.9. The molecule has 1 fully saturated rings. The lowest BCUT2D eigenvalue weighted by atomic mass is 10.0. The van der Waals surface area contributed by atoms with E-state index < -0.39 is 28.5 Å². The van der Waals surface area contributed by atoms with Crippen LogP contribution in [0.5, 0.6) is 0 Å². The number of hydrogen-bond donors (Lipinski definition) is 1. The SMILES string of the molecule is O=[N+]([O-])c1ccc(N2CCC[C@@H](O)C2)c(C(F)(F)F)c1. The molecule has 0 aliphatic carbocycles. The van der Waals surface area contributed by atoms with Gasteiger partial charge in [-0.15, -0.1) is 0 Å². The number of nitrogens with zero attached hydrogens (tertiary/aromatic N) is 2. The summed E-state index contributed by atoms with van der Waals surface area (Å²) in [5, 5.41) is 20.2. The molecule has 1 aliphatic heterocycles. The number of nitro benzene ring substituents is 1. The maximum atomic E-state index is 13.0. The summed E-state index contributed by atoms with van der Waals surface area (Å²) in [6.45, 7) is 0.485. The average Bonchev–Trinajstić information content (AvgIpc) is 2.37. The Morgan fingerprint density at radius 3 is 2.65 bits per heavy atom. The highest BCUT2D eigenvalue weighted by molar-refractivity contribution is 5.59. The van der Waals surface area contributed by atoms with Crippen LogP contribution in [-0.4, -0.2) is 29.2 Å². The van der Waals surface area contributed by atoms with Crippen LogP contribution >= 0.6 is 0 Å². The number of rotatable bonds is 2. The lowest BCUT2D eigenvalue weighted by Crippen LogP contribution is -2.39. The van der Waals surface area contributed by atoms with Crippen LogP contribution in [0.4, 0.5) is 24.5 Å². The molecule has 110 valence electrons. The molecule has 1 aromatic rings. The van der Waals surface area contributed by atoms with Crippen molar-refractivity contribution in [3.63, 3.8) is 0 Å². The van der Waals surface area contributed by atoms with Crippen molar-refractivity contribution < 1.29 is 23.2 Å². The molecule has 1 N–H and O–H groups in total. The van der Waals surface area contributed by atoms with Crippen molar-refractivity contribution in [3.8, 4) is 0 Å². The number of nitro groups is 1. The van der Waals surface area contributed by atoms with Crippen LogP contribution in [0, 0.1) is 10.1 Å². The number of piperidine rings is 1. The molecule has 0 radical (unpaired) electrons. The second-order valence-electron chi connectivity index (χ2n) is 4.70. The lowest BCUT2D eigenvalue weighted by molar-refractivity contribution is -0.385. The van der Waals surface area contributed by atoms with Gasteiger partial charge in [-0.25, -0.2) is 0 Å². The van der Waals surface area contributed by atoms with E-state index in [0.717, 1.165) is 12.1 Å². The van der Waals surface area contributed by atoms with E-state index in [2.05, 4.69) is 0 Å². The number of halogens is 3. The summed E-state index contributed by atoms with van der Waals surface area (Å²) in [4.78, 5) is 11.2. The van der Waals surface area contributed by atoms with E-state index in [9.17, 15) is 28.4 Å². The minimum atomic E-state index is -4.68. The first-order chi connectivity index (χ1) is 9.29. The van der Waals surface area contributed by atoms with Crippen LogP contribution in [0.15, 0.2) is 18.2 Å². The molecule has 8 heteroatoms. The fourth-order valence-corrected chi connectivity index (χ4v) is 2.31. The first-order valence-corrected chi connectivity index (χ1v) is 6.07. The van der Waals surface area contributed by atoms with Gasteiger partial charge in [0.25, 0.3) is 5.69 Å². The average molecular weight is 290 g/mol. The van der Waals surface area contributed by atoms with Crippen molar-refractivity contribution in [1.82, 2.24) is 0 Å². The second kappa shape index (κ2) is 5.28. The maximum absolute atomic E-state index is 13.0. The first kappa shape index (κ1) is 14.6. The summed E-state index contributed by atoms with van der Waals surface area (Å²) in [6.07, 6.45) is -4.23. The molecule has 1 atom stereocenters. The van der Waals surface area contributed by atoms with E-state index in [4.69, 9.17) is 0 Å². The third-order valence-corrected chi connectivity index (χ3v) is 3.23. The van der Waals surface area contributed by atoms with Crippen molar-refractivity contribution in [2.45, 2.75) is 25.1 Å². The van der Waals surface area contributed by atoms with Gasteiger partial charge < -0.3 is 10.0 Å². The van der Waals surface area contributed by atoms with Crippen molar-refractivity contribution in [1.29, 1.82) is 0 Å². The van der Waals surface area contributed by atoms with Gasteiger partial charge in [-0.3, -0.25) is 10.1 Å². The summed E-state index contributed by atoms with van der Waals surface area (Å²) < 4.78 is 39.1. The molecule has 0 unspecified atom stereocenters. The first-order valence-electron chi connectivity index (χ1n) is 6.07. The van der Waals surface area contributed by atoms with Crippen LogP contribution in [0.3, 0.4) is 0 Å². The third-order valence-electron chi connectivity index (χ3n) is 3.23. The van der Waals surface area contributed by atoms with Crippen molar-refractivity contribution >= 4 is 11.4 Å². The topological polar surface area (TPSA) is 66.6 Å². The Bertz CT molecular complexity index is 519. The standard InChI is InChI=1S/C12H13F3N2O3/c13-12(14,15)10-6-8(17(19)20)3-4-11(10)16-5-1-2-9(18)7-16/h3-4,6,9,18H,1-2,5,7H2/t9-/m1/s1. The molecular weight excluding hydrogens is 277 g/mol. The van der Waals surface area contributed by atoms with Crippen LogP contribution in [0.2, 0.25) is 0 Å². The number of alkyl halides is 3. The van der Waals surface area contributed by atoms with E-state index >= 15 is 0 Å². The molecule has 0 spiro atoms. The van der Waals surface area contributed by atoms with Crippen LogP contribution in [-0.2, 0) is 6.18 Å². The number of aliphatic hydroxyl groups is 1. The highest BCUT2D eigenvalue weighted by Crippen LogP contribution is 2.39. The smallest absolute Gasteiger partial charge is 0.391 e. The molecule has 0 amide bonds. The zero-order valence-corrected chi connectivity index (χ0v) is 10.4. The van der Waals surface area contributed by atoms with Crippen molar-refractivity contribution in [2.24, 2.45) is 0 Å². The molecule has 0 aromatic heterocycles. The largest absolute Gasteiger partial charge is 0.418 e. The third kappa shape index (κ3) is 3.01. The summed E-state index contributed by atoms with van der Waals surface area (Å²) in [5.74, 6) is 0. The van der Waals surface area contributed by atoms with E-state index in [1.165, 1.54) is 4.90 Å². The molecule has 1 aromatic carbocycles. The second-order valence-corrected chi connectivity index (χ2v) is 4.70. The van der Waals surface area contributed by atoms with E-state index in [1.54, 1.807) is 0 Å². The van der Waals surface area contributed by atoms with Gasteiger partial charge in [-0.1, -0.05) is 0 Å². The van der Waals surface area contributed by atoms with Gasteiger partial charge in [0.15, 0.2) is 0 Å². The highest BCUT2D eigenvalue weighted by atomic mass is 19.4. The number of anilines is 1. The molecule has 0 bridgehead atoms. The van der Waals surface area contributed by atoms with E-state index in [0.29, 0.717) is 25.5 Å². The molecule has 1 aliphatic rings. The quantitative estimate of drug-likeness (QED) is 0.671. The highest BCUT2D eigenvalue weighted by Gasteiger charge is 2.37. The molecule has 1 heterocycles. The van der Waals surface area contributed by atoms with Crippen molar-refractivity contribution in [3.05, 3.63) is 33.9 Å². The van der Waals surface area contributed by atoms with Crippen molar-refractivity contribution in [2.75, 3.05) is 18.0 Å². The van der Waals surface area contributed by atoms with Gasteiger partial charge in [0, 0.05) is 30.9 Å². The van der Waals surface area contributed by atoms with E-state index in [-0.39, 0.29) is 12.2 Å². The molecular formula is C12H13F3N2O3. The van der Waals surface area contributed by atoms with Gasteiger partial charge >= 0.3 is 6.18 Å². The maximum Gasteiger partial charge on any atom is 0.418 e. The Kier molecular flexibility index (Phi) is 3.85. The molecule has 5 nitrogen and oxygen atoms in total. The predicted octanol–water partition coefficient (Wildman–Crippen LogP) is 2.57. The molecule has 20 heavy (non-hydrogen) atoms. The number of hydrogen-bond acceptors (Lipinski definition) is 4. The van der Waals surface area contributed by atoms with Gasteiger partial charge in [0.1, 0.15) is 0 Å². The van der Waals surface area contributed by atoms with Gasteiger partial charge in [0.2, 0.25) is 0 Å². The lowest BCUT2D eigenvalue weighted by Gasteiger charge is -2.33. The molecule has 1 saturated heterocycles. The van der Waals surface area contributed by atoms with Crippen LogP contribution in [0.25, 0.3) is 0 Å². The van der Waals surface area contributed by atoms with Crippen LogP contribution < -0.4 is 4.90 Å². The summed E-state index contributed by atoms with van der Waals surface area (Å²) >= 11 is 0. The zero-order valence-electron chi connectivity index (χ0n) is 10.4. The Hall–Kier alpha value is -1.83. The van der Waals surface area contributed by atoms with Gasteiger partial charge in [0.05, 0.1) is 16.6 Å². The van der Waals surface area contributed by atoms with Crippen LogP contribution in [0.1, 0.15) is 18.4 Å². The van der Waals surface area contributed by atoms with E-state index in [1.807, 2.05) is 0 Å². The number of benzene rings is 1. The number of aliphatic hydroxyl groups excluding tert-OH is 1. The Balaban J connectivity index is 2.43. The Labute approximate surface area is 112 Å². The minimum absolute atomic E-state index is 0.0981. The fraction of sp³-hybridized carbons (Fsp3) is 0.500. The predicted molar refractivity (Wildman–Crippen MR) is 65.6 cm³/mol. The Morgan fingerprint density at radius 2 is 2.10 bits per heavy atom. The number of β-amino-alcohol motifs (C(OH)–C–C–N with tert-alkyl or cyclic N) is 1. The monoisotopic (exact) mass is 290 g/mol. The molecule has 2 rings (SSSR count). The number of non-ortho nitro benzene ring substituents is 1. The fourth-order valence-electron chi connectivity index (χ4n) is 2.31. The summed E-state index contributed by atoms with van der Waals surface area (Å²) in [7, 11) is 0. The van der Waals surface area contributed by atoms with Gasteiger partial charge in [-0.05, 0) is 18.9 Å². The Morgan fingerprint density at radius 1 is 1.40 bits per heavy atom. The van der Waals surface area contributed by atoms with Gasteiger partial charge in [-0.2, -0.15) is 13.2 Å². The summed E-state index contributed by atoms with van der Waals surface area (Å²) in [6, 6.07) is 2.68. The normalized spacial score (nSPS) is 20.0.